The molecule has 19 heavy (non-hydrogen) atoms. The van der Waals surface area contributed by atoms with Gasteiger partial charge in [0.2, 0.25) is 5.91 Å². The van der Waals surface area contributed by atoms with E-state index in [9.17, 15) is 4.79 Å². The van der Waals surface area contributed by atoms with Gasteiger partial charge in [-0.25, -0.2) is 4.98 Å². The van der Waals surface area contributed by atoms with Gasteiger partial charge in [-0.15, -0.1) is 0 Å². The Bertz CT molecular complexity index is 570. The molecule has 0 radical (unpaired) electrons. The molecule has 5 nitrogen and oxygen atoms in total. The van der Waals surface area contributed by atoms with Gasteiger partial charge in [-0.05, 0) is 30.6 Å². The molecule has 7 heteroatoms. The minimum atomic E-state index is -0.0494. The first-order valence-corrected chi connectivity index (χ1v) is 7.48. The number of rotatable bonds is 5. The quantitative estimate of drug-likeness (QED) is 0.654. The highest BCUT2D eigenvalue weighted by molar-refractivity contribution is 8.00. The lowest BCUT2D eigenvalue weighted by Gasteiger charge is -2.06. The van der Waals surface area contributed by atoms with E-state index in [0.717, 1.165) is 10.2 Å². The maximum atomic E-state index is 11.7. The molecule has 1 heterocycles. The SMILES string of the molecule is Cc1nsc(SCCC(=O)Nc2ccccc2N)n1. The molecule has 0 saturated heterocycles. The Morgan fingerprint density at radius 2 is 2.26 bits per heavy atom. The number of carbonyl (C=O) groups is 1. The minimum Gasteiger partial charge on any atom is -0.397 e. The van der Waals surface area contributed by atoms with Crippen molar-refractivity contribution in [3.05, 3.63) is 30.1 Å². The minimum absolute atomic E-state index is 0.0494. The fourth-order valence-electron chi connectivity index (χ4n) is 1.39. The molecule has 1 amide bonds. The number of carbonyl (C=O) groups excluding carboxylic acids is 1. The van der Waals surface area contributed by atoms with E-state index in [1.165, 1.54) is 23.3 Å². The third kappa shape index (κ3) is 4.22. The van der Waals surface area contributed by atoms with Gasteiger partial charge in [0.25, 0.3) is 0 Å². The monoisotopic (exact) mass is 294 g/mol. The zero-order valence-electron chi connectivity index (χ0n) is 10.4. The molecule has 0 aliphatic rings. The first-order valence-electron chi connectivity index (χ1n) is 5.72. The second kappa shape index (κ2) is 6.53. The normalized spacial score (nSPS) is 10.4. The molecule has 2 rings (SSSR count). The number of nitrogens with one attached hydrogen (secondary N) is 1. The summed E-state index contributed by atoms with van der Waals surface area (Å²) in [5.41, 5.74) is 6.98. The van der Waals surface area contributed by atoms with Gasteiger partial charge in [0, 0.05) is 12.2 Å². The Kier molecular flexibility index (Phi) is 4.75. The van der Waals surface area contributed by atoms with E-state index in [0.29, 0.717) is 23.5 Å². The Morgan fingerprint density at radius 3 is 2.95 bits per heavy atom. The number of hydrogen-bond acceptors (Lipinski definition) is 6. The Hall–Kier alpha value is -1.60. The highest BCUT2D eigenvalue weighted by Crippen LogP contribution is 2.21. The molecule has 0 bridgehead atoms. The standard InChI is InChI=1S/C12H14N4OS2/c1-8-14-12(19-16-8)18-7-6-11(17)15-10-5-3-2-4-9(10)13/h2-5H,6-7,13H2,1H3,(H,15,17). The van der Waals surface area contributed by atoms with Crippen molar-refractivity contribution in [2.24, 2.45) is 0 Å². The molecule has 0 unspecified atom stereocenters. The van der Waals surface area contributed by atoms with E-state index in [1.807, 2.05) is 19.1 Å². The van der Waals surface area contributed by atoms with E-state index in [4.69, 9.17) is 5.73 Å². The molecular weight excluding hydrogens is 280 g/mol. The number of benzene rings is 1. The predicted octanol–water partition coefficient (Wildman–Crippen LogP) is 2.55. The smallest absolute Gasteiger partial charge is 0.225 e. The maximum absolute atomic E-state index is 11.7. The van der Waals surface area contributed by atoms with Crippen LogP contribution in [0.4, 0.5) is 11.4 Å². The van der Waals surface area contributed by atoms with Crippen LogP contribution in [0.3, 0.4) is 0 Å². The summed E-state index contributed by atoms with van der Waals surface area (Å²) in [4.78, 5) is 16.0. The van der Waals surface area contributed by atoms with Crippen molar-refractivity contribution in [3.63, 3.8) is 0 Å². The molecule has 3 N–H and O–H groups in total. The van der Waals surface area contributed by atoms with Gasteiger partial charge in [0.15, 0.2) is 4.34 Å². The van der Waals surface area contributed by atoms with Crippen molar-refractivity contribution >= 4 is 40.6 Å². The third-order valence-corrected chi connectivity index (χ3v) is 4.23. The number of aromatic nitrogens is 2. The zero-order chi connectivity index (χ0) is 13.7. The number of thioether (sulfide) groups is 1. The summed E-state index contributed by atoms with van der Waals surface area (Å²) in [5, 5.41) is 2.79. The van der Waals surface area contributed by atoms with E-state index in [-0.39, 0.29) is 5.91 Å². The first-order chi connectivity index (χ1) is 9.15. The highest BCUT2D eigenvalue weighted by Gasteiger charge is 2.06. The largest absolute Gasteiger partial charge is 0.397 e. The average Bonchev–Trinajstić information content (AvgIpc) is 2.78. The van der Waals surface area contributed by atoms with E-state index >= 15 is 0 Å². The van der Waals surface area contributed by atoms with Crippen LogP contribution in [0, 0.1) is 6.92 Å². The molecule has 0 aliphatic heterocycles. The van der Waals surface area contributed by atoms with Crippen molar-refractivity contribution in [1.82, 2.24) is 9.36 Å². The van der Waals surface area contributed by atoms with Crippen LogP contribution in [0.5, 0.6) is 0 Å². The Morgan fingerprint density at radius 1 is 1.47 bits per heavy atom. The molecule has 0 aliphatic carbocycles. The van der Waals surface area contributed by atoms with Crippen molar-refractivity contribution in [1.29, 1.82) is 0 Å². The van der Waals surface area contributed by atoms with Crippen LogP contribution in [0.25, 0.3) is 0 Å². The van der Waals surface area contributed by atoms with Gasteiger partial charge in [-0.3, -0.25) is 4.79 Å². The van der Waals surface area contributed by atoms with Crippen LogP contribution in [0.2, 0.25) is 0 Å². The van der Waals surface area contributed by atoms with Gasteiger partial charge in [-0.2, -0.15) is 4.37 Å². The summed E-state index contributed by atoms with van der Waals surface area (Å²) in [5.74, 6) is 1.40. The summed E-state index contributed by atoms with van der Waals surface area (Å²) in [6, 6.07) is 7.21. The second-order valence-corrected chi connectivity index (χ2v) is 5.94. The molecule has 0 fully saturated rings. The highest BCUT2D eigenvalue weighted by atomic mass is 32.2. The number of para-hydroxylation sites is 2. The molecule has 2 aromatic rings. The van der Waals surface area contributed by atoms with Crippen LogP contribution in [0.1, 0.15) is 12.2 Å². The summed E-state index contributed by atoms with van der Waals surface area (Å²) in [6.07, 6.45) is 0.414. The summed E-state index contributed by atoms with van der Waals surface area (Å²) in [7, 11) is 0. The number of hydrogen-bond donors (Lipinski definition) is 2. The molecule has 1 aromatic heterocycles. The average molecular weight is 294 g/mol. The summed E-state index contributed by atoms with van der Waals surface area (Å²) < 4.78 is 4.98. The Balaban J connectivity index is 1.77. The van der Waals surface area contributed by atoms with Crippen LogP contribution in [0.15, 0.2) is 28.6 Å². The fourth-order valence-corrected chi connectivity index (χ4v) is 3.05. The molecular formula is C12H14N4OS2. The van der Waals surface area contributed by atoms with Crippen LogP contribution in [-0.4, -0.2) is 21.0 Å². The zero-order valence-corrected chi connectivity index (χ0v) is 12.1. The van der Waals surface area contributed by atoms with Crippen molar-refractivity contribution in [3.8, 4) is 0 Å². The molecule has 0 spiro atoms. The number of nitrogen functional groups attached to an aromatic ring is 1. The van der Waals surface area contributed by atoms with Crippen molar-refractivity contribution < 1.29 is 4.79 Å². The van der Waals surface area contributed by atoms with E-state index < -0.39 is 0 Å². The topological polar surface area (TPSA) is 80.9 Å². The number of nitrogens with two attached hydrogens (primary N) is 1. The van der Waals surface area contributed by atoms with Crippen LogP contribution in [-0.2, 0) is 4.79 Å². The number of anilines is 2. The second-order valence-electron chi connectivity index (χ2n) is 3.84. The van der Waals surface area contributed by atoms with Crippen molar-refractivity contribution in [2.75, 3.05) is 16.8 Å². The third-order valence-electron chi connectivity index (χ3n) is 2.30. The molecule has 1 aromatic carbocycles. The fraction of sp³-hybridized carbons (Fsp3) is 0.250. The maximum Gasteiger partial charge on any atom is 0.225 e. The summed E-state index contributed by atoms with van der Waals surface area (Å²) in [6.45, 7) is 1.85. The van der Waals surface area contributed by atoms with Gasteiger partial charge in [-0.1, -0.05) is 23.9 Å². The molecule has 0 saturated carbocycles. The van der Waals surface area contributed by atoms with Gasteiger partial charge in [0.1, 0.15) is 5.82 Å². The lowest BCUT2D eigenvalue weighted by Crippen LogP contribution is -2.13. The van der Waals surface area contributed by atoms with E-state index in [1.54, 1.807) is 12.1 Å². The van der Waals surface area contributed by atoms with Gasteiger partial charge >= 0.3 is 0 Å². The number of nitrogens with zero attached hydrogens (tertiary/aromatic N) is 2. The summed E-state index contributed by atoms with van der Waals surface area (Å²) >= 11 is 2.89. The molecule has 0 atom stereocenters. The van der Waals surface area contributed by atoms with Gasteiger partial charge < -0.3 is 11.1 Å². The van der Waals surface area contributed by atoms with Crippen LogP contribution < -0.4 is 11.1 Å². The lowest BCUT2D eigenvalue weighted by atomic mass is 10.2. The van der Waals surface area contributed by atoms with E-state index in [2.05, 4.69) is 14.7 Å². The predicted molar refractivity (Wildman–Crippen MR) is 79.5 cm³/mol. The number of aryl methyl sites for hydroxylation is 1. The lowest BCUT2D eigenvalue weighted by molar-refractivity contribution is -0.115. The Labute approximate surface area is 119 Å². The molecule has 100 valence electrons. The number of amides is 1. The van der Waals surface area contributed by atoms with Gasteiger partial charge in [0.05, 0.1) is 11.4 Å². The van der Waals surface area contributed by atoms with Crippen molar-refractivity contribution in [2.45, 2.75) is 17.7 Å². The van der Waals surface area contributed by atoms with Crippen LogP contribution >= 0.6 is 23.3 Å². The first kappa shape index (κ1) is 13.8.